The molecule has 2 rings (SSSR count). The van der Waals surface area contributed by atoms with Crippen LogP contribution in [-0.4, -0.2) is 42.5 Å². The van der Waals surface area contributed by atoms with Crippen LogP contribution in [0.25, 0.3) is 0 Å². The van der Waals surface area contributed by atoms with Crippen molar-refractivity contribution in [3.63, 3.8) is 0 Å². The number of benzene rings is 2. The SMILES string of the molecule is CCCCNC(=O)[C@@H](C)N(CCc1ccccc1)C(=O)COc1ccc(Cl)cc1Br. The van der Waals surface area contributed by atoms with Crippen LogP contribution in [0.5, 0.6) is 5.75 Å². The first-order valence-corrected chi connectivity index (χ1v) is 11.3. The van der Waals surface area contributed by atoms with E-state index in [0.29, 0.717) is 34.8 Å². The van der Waals surface area contributed by atoms with E-state index in [4.69, 9.17) is 16.3 Å². The van der Waals surface area contributed by atoms with Gasteiger partial charge in [0.1, 0.15) is 11.8 Å². The molecule has 30 heavy (non-hydrogen) atoms. The second-order valence-corrected chi connectivity index (χ2v) is 8.30. The Morgan fingerprint density at radius 3 is 2.60 bits per heavy atom. The van der Waals surface area contributed by atoms with Gasteiger partial charge in [0.25, 0.3) is 5.91 Å². The number of hydrogen-bond donors (Lipinski definition) is 1. The summed E-state index contributed by atoms with van der Waals surface area (Å²) in [5.41, 5.74) is 1.11. The molecule has 0 aliphatic heterocycles. The molecule has 0 aromatic heterocycles. The number of carbonyl (C=O) groups excluding carboxylic acids is 2. The van der Waals surface area contributed by atoms with E-state index in [1.807, 2.05) is 30.3 Å². The van der Waals surface area contributed by atoms with Crippen molar-refractivity contribution in [2.45, 2.75) is 39.2 Å². The van der Waals surface area contributed by atoms with Crippen LogP contribution in [0, 0.1) is 0 Å². The van der Waals surface area contributed by atoms with E-state index in [0.717, 1.165) is 18.4 Å². The van der Waals surface area contributed by atoms with E-state index in [9.17, 15) is 9.59 Å². The van der Waals surface area contributed by atoms with Crippen molar-refractivity contribution >= 4 is 39.3 Å². The maximum Gasteiger partial charge on any atom is 0.261 e. The van der Waals surface area contributed by atoms with Gasteiger partial charge in [0, 0.05) is 18.1 Å². The zero-order valence-corrected chi connectivity index (χ0v) is 19.7. The van der Waals surface area contributed by atoms with Gasteiger partial charge >= 0.3 is 0 Å². The second kappa shape index (κ2) is 12.6. The minimum atomic E-state index is -0.588. The van der Waals surface area contributed by atoms with Gasteiger partial charge in [0.05, 0.1) is 4.47 Å². The summed E-state index contributed by atoms with van der Waals surface area (Å²) in [6.07, 6.45) is 2.56. The fourth-order valence-electron chi connectivity index (χ4n) is 2.92. The summed E-state index contributed by atoms with van der Waals surface area (Å²) in [6, 6.07) is 14.4. The molecule has 162 valence electrons. The van der Waals surface area contributed by atoms with E-state index < -0.39 is 6.04 Å². The highest BCUT2D eigenvalue weighted by molar-refractivity contribution is 9.10. The van der Waals surface area contributed by atoms with Crippen molar-refractivity contribution in [3.05, 3.63) is 63.6 Å². The largest absolute Gasteiger partial charge is 0.483 e. The Hall–Kier alpha value is -2.05. The summed E-state index contributed by atoms with van der Waals surface area (Å²) in [5.74, 6) is 0.124. The molecular formula is C23H28BrClN2O3. The predicted molar refractivity (Wildman–Crippen MR) is 124 cm³/mol. The van der Waals surface area contributed by atoms with E-state index in [1.54, 1.807) is 30.0 Å². The molecule has 0 unspecified atom stereocenters. The first-order chi connectivity index (χ1) is 14.4. The summed E-state index contributed by atoms with van der Waals surface area (Å²) < 4.78 is 6.36. The molecule has 0 aliphatic carbocycles. The number of carbonyl (C=O) groups is 2. The van der Waals surface area contributed by atoms with Gasteiger partial charge < -0.3 is 15.0 Å². The van der Waals surface area contributed by atoms with Gasteiger partial charge in [-0.3, -0.25) is 9.59 Å². The minimum Gasteiger partial charge on any atom is -0.483 e. The summed E-state index contributed by atoms with van der Waals surface area (Å²) in [5, 5.41) is 3.48. The number of rotatable bonds is 11. The number of amides is 2. The van der Waals surface area contributed by atoms with E-state index in [-0.39, 0.29) is 18.4 Å². The molecule has 0 bridgehead atoms. The quantitative estimate of drug-likeness (QED) is 0.453. The van der Waals surface area contributed by atoms with E-state index in [1.165, 1.54) is 0 Å². The van der Waals surface area contributed by atoms with Gasteiger partial charge in [-0.15, -0.1) is 0 Å². The van der Waals surface area contributed by atoms with Crippen molar-refractivity contribution in [1.82, 2.24) is 10.2 Å². The molecule has 0 spiro atoms. The van der Waals surface area contributed by atoms with E-state index in [2.05, 4.69) is 28.2 Å². The fourth-order valence-corrected chi connectivity index (χ4v) is 3.72. The summed E-state index contributed by atoms with van der Waals surface area (Å²) in [6.45, 7) is 4.69. The molecule has 0 saturated heterocycles. The smallest absolute Gasteiger partial charge is 0.261 e. The summed E-state index contributed by atoms with van der Waals surface area (Å²) in [4.78, 5) is 27.1. The van der Waals surface area contributed by atoms with Crippen molar-refractivity contribution in [3.8, 4) is 5.75 Å². The molecule has 7 heteroatoms. The predicted octanol–water partition coefficient (Wildman–Crippen LogP) is 4.86. The Balaban J connectivity index is 2.05. The first kappa shape index (κ1) is 24.2. The molecule has 0 heterocycles. The van der Waals surface area contributed by atoms with Gasteiger partial charge in [-0.05, 0) is 59.5 Å². The van der Waals surface area contributed by atoms with Gasteiger partial charge in [0.15, 0.2) is 6.61 Å². The Kier molecular flexibility index (Phi) is 10.2. The van der Waals surface area contributed by atoms with Crippen LogP contribution >= 0.6 is 27.5 Å². The summed E-state index contributed by atoms with van der Waals surface area (Å²) in [7, 11) is 0. The Morgan fingerprint density at radius 1 is 1.20 bits per heavy atom. The highest BCUT2D eigenvalue weighted by Crippen LogP contribution is 2.28. The molecule has 1 N–H and O–H groups in total. The Bertz CT molecular complexity index is 832. The number of hydrogen-bond acceptors (Lipinski definition) is 3. The molecule has 0 fully saturated rings. The van der Waals surface area contributed by atoms with Gasteiger partial charge in [0.2, 0.25) is 5.91 Å². The third kappa shape index (κ3) is 7.65. The molecule has 0 aliphatic rings. The fraction of sp³-hybridized carbons (Fsp3) is 0.391. The molecule has 2 amide bonds. The maximum absolute atomic E-state index is 13.0. The van der Waals surface area contributed by atoms with Gasteiger partial charge in [-0.2, -0.15) is 0 Å². The van der Waals surface area contributed by atoms with Crippen molar-refractivity contribution in [1.29, 1.82) is 0 Å². The van der Waals surface area contributed by atoms with Gasteiger partial charge in [-0.1, -0.05) is 55.3 Å². The number of nitrogens with zero attached hydrogens (tertiary/aromatic N) is 1. The number of unbranched alkanes of at least 4 members (excludes halogenated alkanes) is 1. The molecule has 2 aromatic rings. The lowest BCUT2D eigenvalue weighted by Gasteiger charge is -2.28. The van der Waals surface area contributed by atoms with Crippen LogP contribution in [-0.2, 0) is 16.0 Å². The highest BCUT2D eigenvalue weighted by Gasteiger charge is 2.26. The van der Waals surface area contributed by atoms with E-state index >= 15 is 0 Å². The van der Waals surface area contributed by atoms with Crippen LogP contribution in [0.2, 0.25) is 5.02 Å². The van der Waals surface area contributed by atoms with Crippen molar-refractivity contribution < 1.29 is 14.3 Å². The Morgan fingerprint density at radius 2 is 1.93 bits per heavy atom. The monoisotopic (exact) mass is 494 g/mol. The number of nitrogens with one attached hydrogen (secondary N) is 1. The highest BCUT2D eigenvalue weighted by atomic mass is 79.9. The van der Waals surface area contributed by atoms with Crippen LogP contribution in [0.1, 0.15) is 32.3 Å². The molecule has 5 nitrogen and oxygen atoms in total. The van der Waals surface area contributed by atoms with Crippen LogP contribution < -0.4 is 10.1 Å². The molecule has 2 aromatic carbocycles. The van der Waals surface area contributed by atoms with Crippen LogP contribution in [0.3, 0.4) is 0 Å². The average molecular weight is 496 g/mol. The van der Waals surface area contributed by atoms with Crippen LogP contribution in [0.15, 0.2) is 53.0 Å². The van der Waals surface area contributed by atoms with Crippen LogP contribution in [0.4, 0.5) is 0 Å². The zero-order valence-electron chi connectivity index (χ0n) is 17.4. The van der Waals surface area contributed by atoms with Crippen molar-refractivity contribution in [2.24, 2.45) is 0 Å². The first-order valence-electron chi connectivity index (χ1n) is 10.1. The Labute approximate surface area is 191 Å². The zero-order chi connectivity index (χ0) is 21.9. The van der Waals surface area contributed by atoms with Crippen molar-refractivity contribution in [2.75, 3.05) is 19.7 Å². The molecular weight excluding hydrogens is 468 g/mol. The summed E-state index contributed by atoms with van der Waals surface area (Å²) >= 11 is 9.34. The lowest BCUT2D eigenvalue weighted by atomic mass is 10.1. The normalized spacial score (nSPS) is 11.6. The average Bonchev–Trinajstić information content (AvgIpc) is 2.74. The molecule has 0 radical (unpaired) electrons. The minimum absolute atomic E-state index is 0.155. The third-order valence-electron chi connectivity index (χ3n) is 4.73. The lowest BCUT2D eigenvalue weighted by Crippen LogP contribution is -2.50. The van der Waals surface area contributed by atoms with Gasteiger partial charge in [-0.25, -0.2) is 0 Å². The molecule has 1 atom stereocenters. The second-order valence-electron chi connectivity index (χ2n) is 7.01. The number of ether oxygens (including phenoxy) is 1. The topological polar surface area (TPSA) is 58.6 Å². The molecule has 0 saturated carbocycles. The maximum atomic E-state index is 13.0. The standard InChI is InChI=1S/C23H28BrClN2O3/c1-3-4-13-26-23(29)17(2)27(14-12-18-8-6-5-7-9-18)22(28)16-30-21-11-10-19(25)15-20(21)24/h5-11,15,17H,3-4,12-14,16H2,1-2H3,(H,26,29)/t17-/m1/s1. The number of halogens is 2. The lowest BCUT2D eigenvalue weighted by molar-refractivity contribution is -0.141. The third-order valence-corrected chi connectivity index (χ3v) is 5.58.